The van der Waals surface area contributed by atoms with Crippen molar-refractivity contribution < 1.29 is 38.4 Å². The smallest absolute Gasteiger partial charge is 0.339 e. The zero-order valence-electron chi connectivity index (χ0n) is 16.7. The second-order valence-electron chi connectivity index (χ2n) is 6.44. The highest BCUT2D eigenvalue weighted by molar-refractivity contribution is 6.24. The lowest BCUT2D eigenvalue weighted by Crippen LogP contribution is -2.37. The number of carbonyl (C=O) groups excluding carboxylic acids is 5. The van der Waals surface area contributed by atoms with Crippen molar-refractivity contribution in [3.05, 3.63) is 68.8 Å². The number of nitro groups is 1. The molecule has 0 atom stereocenters. The summed E-state index contributed by atoms with van der Waals surface area (Å²) in [6.45, 7) is -0.785. The third-order valence-electron chi connectivity index (χ3n) is 4.60. The molecule has 0 bridgehead atoms. The number of nitrogens with one attached hydrogen (secondary N) is 1. The number of hydrogen-bond acceptors (Lipinski definition) is 9. The fourth-order valence-electron chi connectivity index (χ4n) is 3.13. The van der Waals surface area contributed by atoms with Gasteiger partial charge >= 0.3 is 11.9 Å². The first-order valence-corrected chi connectivity index (χ1v) is 8.93. The van der Waals surface area contributed by atoms with Crippen molar-refractivity contribution in [3.8, 4) is 0 Å². The highest BCUT2D eigenvalue weighted by atomic mass is 16.6. The summed E-state index contributed by atoms with van der Waals surface area (Å²) in [6.07, 6.45) is 0. The van der Waals surface area contributed by atoms with Crippen LogP contribution in [0.25, 0.3) is 0 Å². The molecule has 0 spiro atoms. The van der Waals surface area contributed by atoms with Gasteiger partial charge in [0.05, 0.1) is 41.5 Å². The Bertz CT molecular complexity index is 1190. The van der Waals surface area contributed by atoms with E-state index in [1.165, 1.54) is 30.3 Å². The standard InChI is InChI=1S/C20H15N3O9/c1-31-19(27)10-6-7-11(20(28)32-2)13(8-10)21-15(24)9-22-17(25)12-4-3-5-14(23(29)30)16(12)18(22)26/h3-8H,9H2,1-2H3,(H,21,24). The summed E-state index contributed by atoms with van der Waals surface area (Å²) in [5.41, 5.74) is -1.34. The average molecular weight is 441 g/mol. The van der Waals surface area contributed by atoms with Gasteiger partial charge in [-0.25, -0.2) is 9.59 Å². The van der Waals surface area contributed by atoms with E-state index in [0.717, 1.165) is 20.3 Å². The van der Waals surface area contributed by atoms with E-state index < -0.39 is 52.4 Å². The molecule has 1 aliphatic heterocycles. The third-order valence-corrected chi connectivity index (χ3v) is 4.60. The largest absolute Gasteiger partial charge is 0.465 e. The fraction of sp³-hybridized carbons (Fsp3) is 0.150. The number of rotatable bonds is 6. The molecule has 0 radical (unpaired) electrons. The third kappa shape index (κ3) is 3.88. The van der Waals surface area contributed by atoms with Crippen molar-refractivity contribution in [3.63, 3.8) is 0 Å². The Labute approximate surface area is 179 Å². The first kappa shape index (κ1) is 22.1. The maximum atomic E-state index is 12.6. The van der Waals surface area contributed by atoms with Crippen molar-refractivity contribution >= 4 is 41.0 Å². The molecule has 2 aromatic carbocycles. The lowest BCUT2D eigenvalue weighted by atomic mass is 10.1. The van der Waals surface area contributed by atoms with Crippen LogP contribution in [-0.2, 0) is 14.3 Å². The highest BCUT2D eigenvalue weighted by Gasteiger charge is 2.41. The molecule has 1 heterocycles. The van der Waals surface area contributed by atoms with E-state index in [0.29, 0.717) is 4.90 Å². The number of esters is 2. The van der Waals surface area contributed by atoms with Crippen LogP contribution in [0.5, 0.6) is 0 Å². The predicted octanol–water partition coefficient (Wildman–Crippen LogP) is 1.40. The minimum absolute atomic E-state index is 0.0202. The number of amides is 3. The second-order valence-corrected chi connectivity index (χ2v) is 6.44. The van der Waals surface area contributed by atoms with Gasteiger partial charge in [-0.3, -0.25) is 29.4 Å². The van der Waals surface area contributed by atoms with E-state index in [9.17, 15) is 34.1 Å². The number of benzene rings is 2. The van der Waals surface area contributed by atoms with Crippen LogP contribution in [0, 0.1) is 10.1 Å². The van der Waals surface area contributed by atoms with Gasteiger partial charge in [0, 0.05) is 6.07 Å². The Hall–Kier alpha value is -4.61. The van der Waals surface area contributed by atoms with Crippen LogP contribution in [-0.4, -0.2) is 60.2 Å². The number of fused-ring (bicyclic) bond motifs is 1. The summed E-state index contributed by atoms with van der Waals surface area (Å²) in [5.74, 6) is -4.31. The summed E-state index contributed by atoms with van der Waals surface area (Å²) in [5, 5.41) is 13.5. The van der Waals surface area contributed by atoms with Crippen LogP contribution in [0.3, 0.4) is 0 Å². The van der Waals surface area contributed by atoms with Gasteiger partial charge in [-0.2, -0.15) is 0 Å². The number of nitrogens with zero attached hydrogens (tertiary/aromatic N) is 2. The molecule has 1 N–H and O–H groups in total. The van der Waals surface area contributed by atoms with E-state index in [-0.39, 0.29) is 22.4 Å². The number of nitro benzene ring substituents is 1. The van der Waals surface area contributed by atoms with Crippen LogP contribution < -0.4 is 5.32 Å². The predicted molar refractivity (Wildman–Crippen MR) is 106 cm³/mol. The average Bonchev–Trinajstić information content (AvgIpc) is 3.02. The van der Waals surface area contributed by atoms with Gasteiger partial charge in [0.1, 0.15) is 12.1 Å². The van der Waals surface area contributed by atoms with E-state index in [4.69, 9.17) is 0 Å². The Morgan fingerprint density at radius 2 is 1.72 bits per heavy atom. The van der Waals surface area contributed by atoms with Crippen molar-refractivity contribution in [2.45, 2.75) is 0 Å². The maximum Gasteiger partial charge on any atom is 0.339 e. The number of hydrogen-bond donors (Lipinski definition) is 1. The van der Waals surface area contributed by atoms with Crippen molar-refractivity contribution in [2.24, 2.45) is 0 Å². The molecule has 12 nitrogen and oxygen atoms in total. The molecule has 0 saturated carbocycles. The minimum atomic E-state index is -0.996. The van der Waals surface area contributed by atoms with Gasteiger partial charge < -0.3 is 14.8 Å². The number of anilines is 1. The van der Waals surface area contributed by atoms with Crippen LogP contribution in [0.2, 0.25) is 0 Å². The van der Waals surface area contributed by atoms with E-state index in [2.05, 4.69) is 14.8 Å². The molecular weight excluding hydrogens is 426 g/mol. The van der Waals surface area contributed by atoms with E-state index >= 15 is 0 Å². The molecule has 0 aromatic heterocycles. The Morgan fingerprint density at radius 3 is 2.34 bits per heavy atom. The monoisotopic (exact) mass is 441 g/mol. The number of carbonyl (C=O) groups is 5. The molecule has 164 valence electrons. The first-order chi connectivity index (χ1) is 15.2. The molecule has 0 aliphatic carbocycles. The fourth-order valence-corrected chi connectivity index (χ4v) is 3.13. The first-order valence-electron chi connectivity index (χ1n) is 8.93. The van der Waals surface area contributed by atoms with Crippen LogP contribution in [0.1, 0.15) is 41.4 Å². The van der Waals surface area contributed by atoms with Crippen molar-refractivity contribution in [1.29, 1.82) is 0 Å². The van der Waals surface area contributed by atoms with Crippen molar-refractivity contribution in [2.75, 3.05) is 26.1 Å². The van der Waals surface area contributed by atoms with Crippen LogP contribution in [0.15, 0.2) is 36.4 Å². The topological polar surface area (TPSA) is 162 Å². The summed E-state index contributed by atoms with van der Waals surface area (Å²) < 4.78 is 9.25. The highest BCUT2D eigenvalue weighted by Crippen LogP contribution is 2.30. The van der Waals surface area contributed by atoms with Gasteiger partial charge in [0.2, 0.25) is 5.91 Å². The summed E-state index contributed by atoms with van der Waals surface area (Å²) in [4.78, 5) is 72.4. The molecule has 32 heavy (non-hydrogen) atoms. The Morgan fingerprint density at radius 1 is 1.03 bits per heavy atom. The molecule has 0 saturated heterocycles. The van der Waals surface area contributed by atoms with Crippen molar-refractivity contribution in [1.82, 2.24) is 4.90 Å². The normalized spacial score (nSPS) is 12.2. The summed E-state index contributed by atoms with van der Waals surface area (Å²) in [6, 6.07) is 7.27. The van der Waals surface area contributed by atoms with Crippen LogP contribution in [0.4, 0.5) is 11.4 Å². The second kappa shape index (κ2) is 8.63. The van der Waals surface area contributed by atoms with Gasteiger partial charge in [0.15, 0.2) is 0 Å². The van der Waals surface area contributed by atoms with Gasteiger partial charge in [-0.05, 0) is 24.3 Å². The molecule has 0 fully saturated rings. The maximum absolute atomic E-state index is 12.6. The molecule has 3 rings (SSSR count). The zero-order valence-corrected chi connectivity index (χ0v) is 16.7. The SMILES string of the molecule is COC(=O)c1ccc(C(=O)OC)c(NC(=O)CN2C(=O)c3cccc([N+](=O)[O-])c3C2=O)c1. The lowest BCUT2D eigenvalue weighted by molar-refractivity contribution is -0.385. The molecule has 3 amide bonds. The van der Waals surface area contributed by atoms with Gasteiger partial charge in [-0.15, -0.1) is 0 Å². The van der Waals surface area contributed by atoms with E-state index in [1.807, 2.05) is 0 Å². The molecule has 2 aromatic rings. The number of ether oxygens (including phenoxy) is 2. The Balaban J connectivity index is 1.87. The summed E-state index contributed by atoms with van der Waals surface area (Å²) >= 11 is 0. The summed E-state index contributed by atoms with van der Waals surface area (Å²) in [7, 11) is 2.27. The van der Waals surface area contributed by atoms with Gasteiger partial charge in [-0.1, -0.05) is 6.07 Å². The number of methoxy groups -OCH3 is 2. The van der Waals surface area contributed by atoms with E-state index in [1.54, 1.807) is 0 Å². The zero-order chi connectivity index (χ0) is 23.6. The minimum Gasteiger partial charge on any atom is -0.465 e. The molecule has 12 heteroatoms. The quantitative estimate of drug-likeness (QED) is 0.302. The molecule has 0 unspecified atom stereocenters. The molecule has 1 aliphatic rings. The number of imide groups is 1. The Kier molecular flexibility index (Phi) is 5.96. The lowest BCUT2D eigenvalue weighted by Gasteiger charge is -2.15. The van der Waals surface area contributed by atoms with Crippen LogP contribution >= 0.6 is 0 Å². The van der Waals surface area contributed by atoms with Gasteiger partial charge in [0.25, 0.3) is 17.5 Å². The molecular formula is C20H15N3O9.